The van der Waals surface area contributed by atoms with Crippen molar-refractivity contribution in [2.75, 3.05) is 7.11 Å². The monoisotopic (exact) mass is 456 g/mol. The van der Waals surface area contributed by atoms with Crippen LogP contribution < -0.4 is 15.2 Å². The van der Waals surface area contributed by atoms with Crippen molar-refractivity contribution < 1.29 is 41.7 Å². The quantitative estimate of drug-likeness (QED) is 0.545. The molecule has 32 heavy (non-hydrogen) atoms. The summed E-state index contributed by atoms with van der Waals surface area (Å²) >= 11 is 0. The Bertz CT molecular complexity index is 920. The number of carbonyl (C=O) groups is 2. The van der Waals surface area contributed by atoms with Crippen molar-refractivity contribution in [1.29, 1.82) is 0 Å². The third-order valence-corrected chi connectivity index (χ3v) is 4.28. The van der Waals surface area contributed by atoms with Gasteiger partial charge in [0.05, 0.1) is 11.7 Å². The first kappa shape index (κ1) is 24.9. The van der Waals surface area contributed by atoms with Gasteiger partial charge in [0, 0.05) is 25.8 Å². The summed E-state index contributed by atoms with van der Waals surface area (Å²) in [6.07, 6.45) is -6.00. The Balaban J connectivity index is 1.97. The minimum atomic E-state index is -4.52. The number of ether oxygens (including phenoxy) is 4. The standard InChI is InChI=1S/C21H23F3N2O6/c1-12(29-3)10-17(19(25)27)32-20(28)13(2)30-15-4-6-16(7-5-15)31-18-11-14(8-9-26-18)21(22,23)24/h4-9,11-13,17H,10H2,1-3H3,(H2,25,27). The molecule has 2 N–H and O–H groups in total. The molecular weight excluding hydrogens is 433 g/mol. The number of aromatic nitrogens is 1. The molecule has 0 bridgehead atoms. The van der Waals surface area contributed by atoms with Crippen LogP contribution in [0.2, 0.25) is 0 Å². The minimum absolute atomic E-state index is 0.0971. The van der Waals surface area contributed by atoms with Gasteiger partial charge in [-0.3, -0.25) is 4.79 Å². The summed E-state index contributed by atoms with van der Waals surface area (Å²) in [5.74, 6) is -1.36. The van der Waals surface area contributed by atoms with Crippen molar-refractivity contribution in [2.45, 2.75) is 44.8 Å². The maximum atomic E-state index is 12.8. The summed E-state index contributed by atoms with van der Waals surface area (Å²) < 4.78 is 59.3. The Morgan fingerprint density at radius 2 is 1.72 bits per heavy atom. The van der Waals surface area contributed by atoms with E-state index < -0.39 is 35.8 Å². The van der Waals surface area contributed by atoms with Gasteiger partial charge >= 0.3 is 12.1 Å². The van der Waals surface area contributed by atoms with E-state index >= 15 is 0 Å². The summed E-state index contributed by atoms with van der Waals surface area (Å²) in [5.41, 5.74) is 4.37. The molecule has 3 atom stereocenters. The highest BCUT2D eigenvalue weighted by Gasteiger charge is 2.31. The van der Waals surface area contributed by atoms with Gasteiger partial charge in [0.15, 0.2) is 12.2 Å². The number of alkyl halides is 3. The lowest BCUT2D eigenvalue weighted by atomic mass is 10.1. The van der Waals surface area contributed by atoms with Crippen LogP contribution in [0.1, 0.15) is 25.8 Å². The van der Waals surface area contributed by atoms with Crippen LogP contribution in [0.3, 0.4) is 0 Å². The van der Waals surface area contributed by atoms with E-state index in [9.17, 15) is 22.8 Å². The Kier molecular flexibility index (Phi) is 8.41. The number of methoxy groups -OCH3 is 1. The van der Waals surface area contributed by atoms with Crippen LogP contribution in [-0.4, -0.2) is 42.3 Å². The smallest absolute Gasteiger partial charge is 0.416 e. The maximum absolute atomic E-state index is 12.8. The lowest BCUT2D eigenvalue weighted by Crippen LogP contribution is -2.39. The highest BCUT2D eigenvalue weighted by molar-refractivity contribution is 5.83. The van der Waals surface area contributed by atoms with Crippen molar-refractivity contribution in [3.8, 4) is 17.4 Å². The number of halogens is 3. The average molecular weight is 456 g/mol. The molecule has 1 amide bonds. The molecule has 0 aliphatic carbocycles. The summed E-state index contributed by atoms with van der Waals surface area (Å²) in [7, 11) is 1.45. The summed E-state index contributed by atoms with van der Waals surface area (Å²) in [6.45, 7) is 3.12. The molecule has 0 saturated heterocycles. The van der Waals surface area contributed by atoms with Gasteiger partial charge in [0.1, 0.15) is 11.5 Å². The third kappa shape index (κ3) is 7.41. The topological polar surface area (TPSA) is 110 Å². The number of nitrogens with zero attached hydrogens (tertiary/aromatic N) is 1. The normalized spacial score (nSPS) is 14.2. The molecule has 0 spiro atoms. The van der Waals surface area contributed by atoms with E-state index in [0.29, 0.717) is 0 Å². The highest BCUT2D eigenvalue weighted by Crippen LogP contribution is 2.32. The largest absolute Gasteiger partial charge is 0.479 e. The second kappa shape index (κ2) is 10.8. The van der Waals surface area contributed by atoms with E-state index in [0.717, 1.165) is 18.3 Å². The van der Waals surface area contributed by atoms with Crippen LogP contribution in [0.5, 0.6) is 17.4 Å². The Hall–Kier alpha value is -3.34. The maximum Gasteiger partial charge on any atom is 0.416 e. The van der Waals surface area contributed by atoms with Gasteiger partial charge in [-0.25, -0.2) is 9.78 Å². The van der Waals surface area contributed by atoms with E-state index in [1.165, 1.54) is 38.3 Å². The molecule has 0 aliphatic heterocycles. The van der Waals surface area contributed by atoms with E-state index in [2.05, 4.69) is 4.98 Å². The molecule has 1 aromatic heterocycles. The molecular formula is C21H23F3N2O6. The molecule has 3 unspecified atom stereocenters. The first-order chi connectivity index (χ1) is 15.0. The fraction of sp³-hybridized carbons (Fsp3) is 0.381. The summed E-state index contributed by atoms with van der Waals surface area (Å²) in [4.78, 5) is 27.5. The van der Waals surface area contributed by atoms with Crippen LogP contribution >= 0.6 is 0 Å². The second-order valence-electron chi connectivity index (χ2n) is 6.82. The molecule has 0 saturated carbocycles. The first-order valence-electron chi connectivity index (χ1n) is 9.50. The van der Waals surface area contributed by atoms with E-state index in [4.69, 9.17) is 24.7 Å². The van der Waals surface area contributed by atoms with Crippen molar-refractivity contribution in [1.82, 2.24) is 4.98 Å². The Morgan fingerprint density at radius 1 is 1.09 bits per heavy atom. The second-order valence-corrected chi connectivity index (χ2v) is 6.82. The molecule has 2 aromatic rings. The number of amides is 1. The summed E-state index contributed by atoms with van der Waals surface area (Å²) in [6, 6.07) is 7.38. The third-order valence-electron chi connectivity index (χ3n) is 4.28. The van der Waals surface area contributed by atoms with Crippen molar-refractivity contribution in [3.63, 3.8) is 0 Å². The molecule has 0 aliphatic rings. The van der Waals surface area contributed by atoms with Crippen LogP contribution in [0.15, 0.2) is 42.6 Å². The zero-order chi connectivity index (χ0) is 23.9. The molecule has 11 heteroatoms. The van der Waals surface area contributed by atoms with Crippen LogP contribution in [0.4, 0.5) is 13.2 Å². The highest BCUT2D eigenvalue weighted by atomic mass is 19.4. The molecule has 1 aromatic carbocycles. The lowest BCUT2D eigenvalue weighted by molar-refractivity contribution is -0.162. The number of pyridine rings is 1. The predicted molar refractivity (Wildman–Crippen MR) is 106 cm³/mol. The lowest BCUT2D eigenvalue weighted by Gasteiger charge is -2.20. The Labute approximate surface area is 182 Å². The van der Waals surface area contributed by atoms with Gasteiger partial charge in [-0.1, -0.05) is 0 Å². The molecule has 2 rings (SSSR count). The van der Waals surface area contributed by atoms with Gasteiger partial charge in [0.2, 0.25) is 5.88 Å². The zero-order valence-electron chi connectivity index (χ0n) is 17.6. The van der Waals surface area contributed by atoms with E-state index in [-0.39, 0.29) is 29.9 Å². The van der Waals surface area contributed by atoms with Crippen LogP contribution in [0.25, 0.3) is 0 Å². The van der Waals surface area contributed by atoms with Gasteiger partial charge in [0.25, 0.3) is 5.91 Å². The van der Waals surface area contributed by atoms with Crippen LogP contribution in [0, 0.1) is 0 Å². The van der Waals surface area contributed by atoms with Gasteiger partial charge in [-0.05, 0) is 44.2 Å². The number of benzene rings is 1. The fourth-order valence-electron chi connectivity index (χ4n) is 2.46. The van der Waals surface area contributed by atoms with Crippen molar-refractivity contribution in [3.05, 3.63) is 48.2 Å². The zero-order valence-corrected chi connectivity index (χ0v) is 17.6. The predicted octanol–water partition coefficient (Wildman–Crippen LogP) is 3.48. The first-order valence-corrected chi connectivity index (χ1v) is 9.50. The molecule has 174 valence electrons. The van der Waals surface area contributed by atoms with Crippen molar-refractivity contribution >= 4 is 11.9 Å². The Morgan fingerprint density at radius 3 is 2.28 bits per heavy atom. The van der Waals surface area contributed by atoms with Gasteiger partial charge < -0.3 is 24.7 Å². The van der Waals surface area contributed by atoms with Gasteiger partial charge in [-0.2, -0.15) is 13.2 Å². The number of hydrogen-bond donors (Lipinski definition) is 1. The van der Waals surface area contributed by atoms with Crippen molar-refractivity contribution in [2.24, 2.45) is 5.73 Å². The number of carbonyl (C=O) groups excluding carboxylic acids is 2. The number of hydrogen-bond acceptors (Lipinski definition) is 7. The van der Waals surface area contributed by atoms with E-state index in [1.807, 2.05) is 0 Å². The number of primary amides is 1. The number of nitrogens with two attached hydrogens (primary N) is 1. The van der Waals surface area contributed by atoms with Crippen LogP contribution in [-0.2, 0) is 25.2 Å². The average Bonchev–Trinajstić information content (AvgIpc) is 2.73. The number of rotatable bonds is 10. The minimum Gasteiger partial charge on any atom is -0.479 e. The van der Waals surface area contributed by atoms with E-state index in [1.54, 1.807) is 6.92 Å². The molecule has 0 fully saturated rings. The fourth-order valence-corrected chi connectivity index (χ4v) is 2.46. The molecule has 1 heterocycles. The molecule has 8 nitrogen and oxygen atoms in total. The molecule has 0 radical (unpaired) electrons. The number of esters is 1. The SMILES string of the molecule is COC(C)CC(OC(=O)C(C)Oc1ccc(Oc2cc(C(F)(F)F)ccn2)cc1)C(N)=O. The summed E-state index contributed by atoms with van der Waals surface area (Å²) in [5, 5.41) is 0. The van der Waals surface area contributed by atoms with Gasteiger partial charge in [-0.15, -0.1) is 0 Å².